The van der Waals surface area contributed by atoms with Gasteiger partial charge in [0.15, 0.2) is 0 Å². The van der Waals surface area contributed by atoms with Crippen molar-refractivity contribution in [1.82, 2.24) is 0 Å². The van der Waals surface area contributed by atoms with Crippen molar-refractivity contribution >= 4 is 16.7 Å². The highest BCUT2D eigenvalue weighted by atomic mass is 16.4. The number of nitrogens with zero attached hydrogens (tertiary/aromatic N) is 2. The second kappa shape index (κ2) is 4.92. The average molecular weight is 242 g/mol. The van der Waals surface area contributed by atoms with E-state index in [9.17, 15) is 4.79 Å². The first kappa shape index (κ1) is 12.2. The highest BCUT2D eigenvalue weighted by Crippen LogP contribution is 2.23. The Hall–Kier alpha value is -2.28. The van der Waals surface area contributed by atoms with E-state index in [0.717, 1.165) is 18.8 Å². The van der Waals surface area contributed by atoms with Crippen LogP contribution < -0.4 is 10.5 Å². The molecule has 0 amide bonds. The van der Waals surface area contributed by atoms with Gasteiger partial charge in [-0.15, -0.1) is 0 Å². The number of hydrogen-bond donors (Lipinski definition) is 0. The van der Waals surface area contributed by atoms with Gasteiger partial charge in [0.2, 0.25) is 0 Å². The van der Waals surface area contributed by atoms with Gasteiger partial charge in [0.05, 0.1) is 5.56 Å². The minimum atomic E-state index is -0.490. The Morgan fingerprint density at radius 3 is 2.61 bits per heavy atom. The molecule has 0 radical (unpaired) electrons. The molecule has 1 aromatic heterocycles. The van der Waals surface area contributed by atoms with E-state index in [2.05, 4.69) is 18.7 Å². The SMILES string of the molecule is CCN(CC)c1ccc2c(C#N)cc(=O)oc2c1. The number of benzene rings is 1. The van der Waals surface area contributed by atoms with Crippen molar-refractivity contribution in [3.8, 4) is 6.07 Å². The van der Waals surface area contributed by atoms with Crippen molar-refractivity contribution in [2.45, 2.75) is 13.8 Å². The molecule has 1 heterocycles. The molecule has 0 aliphatic heterocycles. The van der Waals surface area contributed by atoms with E-state index < -0.39 is 5.63 Å². The smallest absolute Gasteiger partial charge is 0.337 e. The Kier molecular flexibility index (Phi) is 3.33. The zero-order valence-electron chi connectivity index (χ0n) is 10.4. The van der Waals surface area contributed by atoms with E-state index >= 15 is 0 Å². The monoisotopic (exact) mass is 242 g/mol. The van der Waals surface area contributed by atoms with Crippen LogP contribution >= 0.6 is 0 Å². The first-order valence-corrected chi connectivity index (χ1v) is 5.92. The molecule has 0 unspecified atom stereocenters. The fraction of sp³-hybridized carbons (Fsp3) is 0.286. The van der Waals surface area contributed by atoms with Gasteiger partial charge in [0.1, 0.15) is 11.7 Å². The molecule has 2 rings (SSSR count). The maximum absolute atomic E-state index is 11.4. The average Bonchev–Trinajstić information content (AvgIpc) is 2.38. The normalized spacial score (nSPS) is 10.3. The third kappa shape index (κ3) is 2.07. The van der Waals surface area contributed by atoms with Crippen molar-refractivity contribution in [3.63, 3.8) is 0 Å². The predicted octanol–water partition coefficient (Wildman–Crippen LogP) is 2.51. The highest BCUT2D eigenvalue weighted by molar-refractivity contribution is 5.85. The molecule has 92 valence electrons. The van der Waals surface area contributed by atoms with E-state index in [1.165, 1.54) is 6.07 Å². The molecule has 0 saturated carbocycles. The van der Waals surface area contributed by atoms with Crippen LogP contribution in [0.3, 0.4) is 0 Å². The molecule has 0 atom stereocenters. The molecule has 0 spiro atoms. The third-order valence-corrected chi connectivity index (χ3v) is 2.98. The van der Waals surface area contributed by atoms with Crippen LogP contribution in [0.4, 0.5) is 5.69 Å². The summed E-state index contributed by atoms with van der Waals surface area (Å²) in [6.45, 7) is 5.89. The second-order valence-corrected chi connectivity index (χ2v) is 3.94. The minimum Gasteiger partial charge on any atom is -0.423 e. The predicted molar refractivity (Wildman–Crippen MR) is 70.8 cm³/mol. The highest BCUT2D eigenvalue weighted by Gasteiger charge is 2.08. The quantitative estimate of drug-likeness (QED) is 0.776. The minimum absolute atomic E-state index is 0.354. The molecular weight excluding hydrogens is 228 g/mol. The van der Waals surface area contributed by atoms with E-state index in [4.69, 9.17) is 9.68 Å². The van der Waals surface area contributed by atoms with Crippen LogP contribution in [-0.4, -0.2) is 13.1 Å². The van der Waals surface area contributed by atoms with Crippen molar-refractivity contribution in [2.75, 3.05) is 18.0 Å². The van der Waals surface area contributed by atoms with Crippen molar-refractivity contribution < 1.29 is 4.42 Å². The first-order chi connectivity index (χ1) is 8.69. The number of fused-ring (bicyclic) bond motifs is 1. The fourth-order valence-electron chi connectivity index (χ4n) is 2.03. The van der Waals surface area contributed by atoms with Gasteiger partial charge in [0, 0.05) is 36.3 Å². The van der Waals surface area contributed by atoms with Crippen molar-refractivity contribution in [3.05, 3.63) is 40.2 Å². The molecular formula is C14H14N2O2. The summed E-state index contributed by atoms with van der Waals surface area (Å²) in [5, 5.41) is 9.66. The van der Waals surface area contributed by atoms with Gasteiger partial charge in [-0.3, -0.25) is 0 Å². The van der Waals surface area contributed by atoms with Crippen molar-refractivity contribution in [2.24, 2.45) is 0 Å². The zero-order valence-corrected chi connectivity index (χ0v) is 10.4. The van der Waals surface area contributed by atoms with Crippen LogP contribution in [0.25, 0.3) is 11.0 Å². The van der Waals surface area contributed by atoms with Crippen LogP contribution in [0.2, 0.25) is 0 Å². The Morgan fingerprint density at radius 2 is 2.00 bits per heavy atom. The Labute approximate surface area is 105 Å². The maximum atomic E-state index is 11.4. The van der Waals surface area contributed by atoms with Gasteiger partial charge >= 0.3 is 5.63 Å². The molecule has 4 heteroatoms. The number of anilines is 1. The summed E-state index contributed by atoms with van der Waals surface area (Å²) >= 11 is 0. The summed E-state index contributed by atoms with van der Waals surface area (Å²) in [4.78, 5) is 13.5. The summed E-state index contributed by atoms with van der Waals surface area (Å²) in [7, 11) is 0. The number of rotatable bonds is 3. The van der Waals surface area contributed by atoms with Crippen molar-refractivity contribution in [1.29, 1.82) is 5.26 Å². The largest absolute Gasteiger partial charge is 0.423 e. The number of nitriles is 1. The van der Waals surface area contributed by atoms with Crippen LogP contribution in [-0.2, 0) is 0 Å². The molecule has 0 aliphatic rings. The molecule has 4 nitrogen and oxygen atoms in total. The summed E-state index contributed by atoms with van der Waals surface area (Å²) in [6, 6.07) is 8.81. The van der Waals surface area contributed by atoms with E-state index in [1.54, 1.807) is 0 Å². The standard InChI is InChI=1S/C14H14N2O2/c1-3-16(4-2)11-5-6-12-10(9-15)7-14(17)18-13(12)8-11/h5-8H,3-4H2,1-2H3. The van der Waals surface area contributed by atoms with Gasteiger partial charge in [-0.25, -0.2) is 4.79 Å². The zero-order chi connectivity index (χ0) is 13.1. The van der Waals surface area contributed by atoms with E-state index in [1.807, 2.05) is 24.3 Å². The third-order valence-electron chi connectivity index (χ3n) is 2.98. The fourth-order valence-corrected chi connectivity index (χ4v) is 2.03. The maximum Gasteiger partial charge on any atom is 0.337 e. The Bertz CT molecular complexity index is 664. The first-order valence-electron chi connectivity index (χ1n) is 5.92. The molecule has 0 fully saturated rings. The molecule has 2 aromatic rings. The molecule has 18 heavy (non-hydrogen) atoms. The molecule has 0 N–H and O–H groups in total. The van der Waals surface area contributed by atoms with Crippen LogP contribution in [0, 0.1) is 11.3 Å². The van der Waals surface area contributed by atoms with Gasteiger partial charge in [0.25, 0.3) is 0 Å². The van der Waals surface area contributed by atoms with Gasteiger partial charge in [-0.1, -0.05) is 0 Å². The summed E-state index contributed by atoms with van der Waals surface area (Å²) < 4.78 is 5.15. The Morgan fingerprint density at radius 1 is 1.28 bits per heavy atom. The lowest BCUT2D eigenvalue weighted by Gasteiger charge is -2.20. The molecule has 0 aliphatic carbocycles. The van der Waals surface area contributed by atoms with E-state index in [-0.39, 0.29) is 0 Å². The summed E-state index contributed by atoms with van der Waals surface area (Å²) in [6.07, 6.45) is 0. The molecule has 1 aromatic carbocycles. The lowest BCUT2D eigenvalue weighted by atomic mass is 10.1. The van der Waals surface area contributed by atoms with Gasteiger partial charge in [-0.05, 0) is 26.0 Å². The Balaban J connectivity index is 2.66. The summed E-state index contributed by atoms with van der Waals surface area (Å²) in [5.74, 6) is 0. The van der Waals surface area contributed by atoms with Crippen LogP contribution in [0.5, 0.6) is 0 Å². The second-order valence-electron chi connectivity index (χ2n) is 3.94. The molecule has 0 bridgehead atoms. The summed E-state index contributed by atoms with van der Waals surface area (Å²) in [5.41, 5.74) is 1.32. The lowest BCUT2D eigenvalue weighted by Crippen LogP contribution is -2.21. The van der Waals surface area contributed by atoms with Crippen LogP contribution in [0.1, 0.15) is 19.4 Å². The van der Waals surface area contributed by atoms with Crippen LogP contribution in [0.15, 0.2) is 33.5 Å². The molecule has 0 saturated heterocycles. The van der Waals surface area contributed by atoms with Gasteiger partial charge < -0.3 is 9.32 Å². The van der Waals surface area contributed by atoms with E-state index in [0.29, 0.717) is 16.5 Å². The lowest BCUT2D eigenvalue weighted by molar-refractivity contribution is 0.560. The number of hydrogen-bond acceptors (Lipinski definition) is 4. The topological polar surface area (TPSA) is 57.2 Å². The van der Waals surface area contributed by atoms with Gasteiger partial charge in [-0.2, -0.15) is 5.26 Å².